The molecular formula is C27H42N2O4. The fourth-order valence-corrected chi connectivity index (χ4v) is 6.17. The molecule has 0 bridgehead atoms. The van der Waals surface area contributed by atoms with Crippen molar-refractivity contribution < 1.29 is 19.0 Å². The second-order valence-corrected chi connectivity index (χ2v) is 10.7. The highest BCUT2D eigenvalue weighted by Crippen LogP contribution is 2.45. The number of hydrogen-bond acceptors (Lipinski definition) is 6. The molecule has 0 amide bonds. The highest BCUT2D eigenvalue weighted by atomic mass is 16.5. The first-order valence-electron chi connectivity index (χ1n) is 12.8. The van der Waals surface area contributed by atoms with Crippen LogP contribution in [0.2, 0.25) is 0 Å². The molecule has 6 heteroatoms. The van der Waals surface area contributed by atoms with Crippen molar-refractivity contribution in [3.63, 3.8) is 0 Å². The molecule has 1 unspecified atom stereocenters. The summed E-state index contributed by atoms with van der Waals surface area (Å²) in [7, 11) is 3.40. The van der Waals surface area contributed by atoms with Crippen LogP contribution in [0.5, 0.6) is 11.5 Å². The Morgan fingerprint density at radius 1 is 1.18 bits per heavy atom. The molecule has 33 heavy (non-hydrogen) atoms. The summed E-state index contributed by atoms with van der Waals surface area (Å²) in [5.74, 6) is 3.59. The molecule has 1 N–H and O–H groups in total. The standard InChI is InChI=1S/C27H42N2O4/c1-18(2)10-21-16-29-9-7-20-13-25(31-3)26(32-4)14-23(20)24(29)12-22(21)17-33-27(30)11-19-6-5-8-28-15-19/h13-14,18-19,21-22,24,28H,5-12,15-17H2,1-4H3/t19?,21-,22+,24-/m1/s1. The smallest absolute Gasteiger partial charge is 0.306 e. The van der Waals surface area contributed by atoms with Gasteiger partial charge >= 0.3 is 5.97 Å². The van der Waals surface area contributed by atoms with Crippen molar-refractivity contribution in [1.82, 2.24) is 10.2 Å². The van der Waals surface area contributed by atoms with E-state index >= 15 is 0 Å². The molecule has 4 atom stereocenters. The van der Waals surface area contributed by atoms with Crippen molar-refractivity contribution in [3.8, 4) is 11.5 Å². The average Bonchev–Trinajstić information content (AvgIpc) is 2.82. The highest BCUT2D eigenvalue weighted by Gasteiger charge is 2.40. The molecule has 2 fully saturated rings. The first-order valence-corrected chi connectivity index (χ1v) is 12.8. The van der Waals surface area contributed by atoms with Crippen molar-refractivity contribution in [2.75, 3.05) is 47.0 Å². The van der Waals surface area contributed by atoms with Crippen molar-refractivity contribution in [1.29, 1.82) is 0 Å². The minimum atomic E-state index is -0.0233. The lowest BCUT2D eigenvalue weighted by molar-refractivity contribution is -0.148. The summed E-state index contributed by atoms with van der Waals surface area (Å²) in [5.41, 5.74) is 2.71. The van der Waals surface area contributed by atoms with E-state index in [9.17, 15) is 4.79 Å². The molecule has 0 aliphatic carbocycles. The van der Waals surface area contributed by atoms with Crippen molar-refractivity contribution >= 4 is 5.97 Å². The number of nitrogens with one attached hydrogen (secondary N) is 1. The van der Waals surface area contributed by atoms with E-state index in [2.05, 4.69) is 36.2 Å². The SMILES string of the molecule is COc1cc2c(cc1OC)[C@H]1C[C@@H](COC(=O)CC3CCCNC3)[C@H](CC(C)C)CN1CC2. The van der Waals surface area contributed by atoms with Gasteiger partial charge in [-0.2, -0.15) is 0 Å². The zero-order chi connectivity index (χ0) is 23.4. The first-order chi connectivity index (χ1) is 16.0. The van der Waals surface area contributed by atoms with E-state index in [4.69, 9.17) is 14.2 Å². The van der Waals surface area contributed by atoms with E-state index in [1.54, 1.807) is 14.2 Å². The number of rotatable bonds is 8. The monoisotopic (exact) mass is 458 g/mol. The van der Waals surface area contributed by atoms with Gasteiger partial charge in [-0.25, -0.2) is 0 Å². The molecule has 3 heterocycles. The molecule has 184 valence electrons. The minimum absolute atomic E-state index is 0.0233. The Bertz CT molecular complexity index is 806. The number of hydrogen-bond donors (Lipinski definition) is 1. The Morgan fingerprint density at radius 2 is 1.97 bits per heavy atom. The molecule has 0 aromatic heterocycles. The zero-order valence-electron chi connectivity index (χ0n) is 20.9. The second kappa shape index (κ2) is 11.1. The maximum absolute atomic E-state index is 12.6. The lowest BCUT2D eigenvalue weighted by Gasteiger charge is -2.47. The normalized spacial score (nSPS) is 27.5. The maximum Gasteiger partial charge on any atom is 0.306 e. The van der Waals surface area contributed by atoms with Gasteiger partial charge in [-0.3, -0.25) is 9.69 Å². The number of methoxy groups -OCH3 is 2. The molecule has 1 aromatic carbocycles. The summed E-state index contributed by atoms with van der Waals surface area (Å²) in [6.45, 7) is 9.30. The Labute approximate surface area is 199 Å². The third kappa shape index (κ3) is 5.83. The number of piperidine rings is 2. The first kappa shape index (κ1) is 24.3. The van der Waals surface area contributed by atoms with Crippen LogP contribution in [-0.2, 0) is 16.0 Å². The van der Waals surface area contributed by atoms with Gasteiger partial charge in [0.1, 0.15) is 0 Å². The minimum Gasteiger partial charge on any atom is -0.493 e. The fraction of sp³-hybridized carbons (Fsp3) is 0.741. The third-order valence-corrected chi connectivity index (χ3v) is 7.86. The number of fused-ring (bicyclic) bond motifs is 3. The van der Waals surface area contributed by atoms with Crippen LogP contribution in [0.3, 0.4) is 0 Å². The third-order valence-electron chi connectivity index (χ3n) is 7.86. The van der Waals surface area contributed by atoms with Crippen LogP contribution < -0.4 is 14.8 Å². The number of esters is 1. The van der Waals surface area contributed by atoms with Crippen molar-refractivity contribution in [2.24, 2.45) is 23.7 Å². The summed E-state index contributed by atoms with van der Waals surface area (Å²) in [6, 6.07) is 4.68. The molecular weight excluding hydrogens is 416 g/mol. The molecule has 2 saturated heterocycles. The van der Waals surface area contributed by atoms with Gasteiger partial charge in [-0.05, 0) is 92.1 Å². The van der Waals surface area contributed by atoms with Gasteiger partial charge < -0.3 is 19.5 Å². The fourth-order valence-electron chi connectivity index (χ4n) is 6.17. The quantitative estimate of drug-likeness (QED) is 0.589. The molecule has 0 saturated carbocycles. The van der Waals surface area contributed by atoms with E-state index in [-0.39, 0.29) is 5.97 Å². The van der Waals surface area contributed by atoms with Crippen molar-refractivity contribution in [2.45, 2.75) is 58.4 Å². The van der Waals surface area contributed by atoms with Gasteiger partial charge in [0.25, 0.3) is 0 Å². The summed E-state index contributed by atoms with van der Waals surface area (Å²) in [5, 5.41) is 3.40. The predicted octanol–water partition coefficient (Wildman–Crippen LogP) is 4.22. The van der Waals surface area contributed by atoms with E-state index < -0.39 is 0 Å². The highest BCUT2D eigenvalue weighted by molar-refractivity contribution is 5.69. The van der Waals surface area contributed by atoms with E-state index in [1.807, 2.05) is 0 Å². The number of carbonyl (C=O) groups is 1. The zero-order valence-corrected chi connectivity index (χ0v) is 20.9. The predicted molar refractivity (Wildman–Crippen MR) is 130 cm³/mol. The molecule has 0 radical (unpaired) electrons. The Morgan fingerprint density at radius 3 is 2.67 bits per heavy atom. The second-order valence-electron chi connectivity index (χ2n) is 10.7. The largest absolute Gasteiger partial charge is 0.493 e. The van der Waals surface area contributed by atoms with Gasteiger partial charge in [0.15, 0.2) is 11.5 Å². The maximum atomic E-state index is 12.6. The molecule has 4 rings (SSSR count). The molecule has 3 aliphatic heterocycles. The number of carbonyl (C=O) groups excluding carboxylic acids is 1. The molecule has 1 aromatic rings. The van der Waals surface area contributed by atoms with E-state index in [1.165, 1.54) is 17.5 Å². The lowest BCUT2D eigenvalue weighted by atomic mass is 9.74. The van der Waals surface area contributed by atoms with Gasteiger partial charge in [0, 0.05) is 25.6 Å². The number of nitrogens with zero attached hydrogens (tertiary/aromatic N) is 1. The van der Waals surface area contributed by atoms with Crippen LogP contribution in [0.1, 0.15) is 63.1 Å². The summed E-state index contributed by atoms with van der Waals surface area (Å²) in [6.07, 6.45) is 6.07. The lowest BCUT2D eigenvalue weighted by Crippen LogP contribution is -2.47. The van der Waals surface area contributed by atoms with Crippen LogP contribution in [0.25, 0.3) is 0 Å². The van der Waals surface area contributed by atoms with Crippen LogP contribution in [0.15, 0.2) is 12.1 Å². The summed E-state index contributed by atoms with van der Waals surface area (Å²) < 4.78 is 17.1. The summed E-state index contributed by atoms with van der Waals surface area (Å²) >= 11 is 0. The van der Waals surface area contributed by atoms with E-state index in [0.29, 0.717) is 42.7 Å². The van der Waals surface area contributed by atoms with Gasteiger partial charge in [-0.15, -0.1) is 0 Å². The van der Waals surface area contributed by atoms with Gasteiger partial charge in [0.05, 0.1) is 20.8 Å². The molecule has 3 aliphatic rings. The van der Waals surface area contributed by atoms with Crippen LogP contribution >= 0.6 is 0 Å². The van der Waals surface area contributed by atoms with Crippen LogP contribution in [-0.4, -0.2) is 57.9 Å². The van der Waals surface area contributed by atoms with Gasteiger partial charge in [0.2, 0.25) is 0 Å². The Balaban J connectivity index is 1.47. The van der Waals surface area contributed by atoms with E-state index in [0.717, 1.165) is 63.4 Å². The van der Waals surface area contributed by atoms with Crippen LogP contribution in [0, 0.1) is 23.7 Å². The van der Waals surface area contributed by atoms with Crippen LogP contribution in [0.4, 0.5) is 0 Å². The topological polar surface area (TPSA) is 60.0 Å². The molecule has 0 spiro atoms. The average molecular weight is 459 g/mol. The number of ether oxygens (including phenoxy) is 3. The summed E-state index contributed by atoms with van der Waals surface area (Å²) in [4.78, 5) is 15.3. The Kier molecular flexibility index (Phi) is 8.18. The molecule has 6 nitrogen and oxygen atoms in total. The number of benzene rings is 1. The van der Waals surface area contributed by atoms with Gasteiger partial charge in [-0.1, -0.05) is 13.8 Å². The Hall–Kier alpha value is -1.79. The van der Waals surface area contributed by atoms with Crippen molar-refractivity contribution in [3.05, 3.63) is 23.3 Å².